The molecule has 2 fully saturated rings. The van der Waals surface area contributed by atoms with E-state index in [-0.39, 0.29) is 16.9 Å². The summed E-state index contributed by atoms with van der Waals surface area (Å²) in [5, 5.41) is 3.57. The van der Waals surface area contributed by atoms with Gasteiger partial charge in [0.15, 0.2) is 0 Å². The minimum absolute atomic E-state index is 0.0853. The summed E-state index contributed by atoms with van der Waals surface area (Å²) < 4.78 is 5.12. The van der Waals surface area contributed by atoms with Gasteiger partial charge in [-0.15, -0.1) is 11.8 Å². The fourth-order valence-electron chi connectivity index (χ4n) is 3.73. The van der Waals surface area contributed by atoms with E-state index in [4.69, 9.17) is 4.74 Å². The number of rotatable bonds is 2. The maximum absolute atomic E-state index is 11.8. The predicted molar refractivity (Wildman–Crippen MR) is 75.5 cm³/mol. The quantitative estimate of drug-likeness (QED) is 0.784. The van der Waals surface area contributed by atoms with E-state index in [2.05, 4.69) is 26.1 Å². The van der Waals surface area contributed by atoms with Gasteiger partial charge in [0, 0.05) is 5.75 Å². The van der Waals surface area contributed by atoms with E-state index >= 15 is 0 Å². The number of carbonyl (C=O) groups excluding carboxylic acids is 1. The van der Waals surface area contributed by atoms with Crippen molar-refractivity contribution in [3.63, 3.8) is 0 Å². The van der Waals surface area contributed by atoms with Crippen molar-refractivity contribution in [1.29, 1.82) is 0 Å². The summed E-state index contributed by atoms with van der Waals surface area (Å²) in [5.74, 6) is 1.48. The largest absolute Gasteiger partial charge is 0.465 e. The van der Waals surface area contributed by atoms with Gasteiger partial charge in [0.05, 0.1) is 11.5 Å². The van der Waals surface area contributed by atoms with Gasteiger partial charge in [0.2, 0.25) is 0 Å². The Morgan fingerprint density at radius 1 is 1.44 bits per heavy atom. The van der Waals surface area contributed by atoms with E-state index in [0.29, 0.717) is 12.0 Å². The monoisotopic (exact) mass is 271 g/mol. The fraction of sp³-hybridized carbons (Fsp3) is 0.929. The van der Waals surface area contributed by atoms with Crippen LogP contribution in [-0.2, 0) is 9.53 Å². The molecule has 0 aromatic carbocycles. The average Bonchev–Trinajstić information content (AvgIpc) is 2.58. The van der Waals surface area contributed by atoms with Gasteiger partial charge in [-0.3, -0.25) is 10.1 Å². The lowest BCUT2D eigenvalue weighted by Crippen LogP contribution is -2.51. The molecule has 104 valence electrons. The van der Waals surface area contributed by atoms with Crippen molar-refractivity contribution in [2.45, 2.75) is 57.9 Å². The van der Waals surface area contributed by atoms with E-state index in [1.807, 2.05) is 18.7 Å². The van der Waals surface area contributed by atoms with Gasteiger partial charge in [-0.2, -0.15) is 0 Å². The highest BCUT2D eigenvalue weighted by atomic mass is 32.2. The summed E-state index contributed by atoms with van der Waals surface area (Å²) in [7, 11) is 0. The van der Waals surface area contributed by atoms with Crippen molar-refractivity contribution in [2.75, 3.05) is 12.4 Å². The third kappa shape index (κ3) is 3.02. The highest BCUT2D eigenvalue weighted by Crippen LogP contribution is 2.51. The first kappa shape index (κ1) is 14.2. The molecule has 0 amide bonds. The second kappa shape index (κ2) is 5.04. The van der Waals surface area contributed by atoms with Crippen LogP contribution in [0.15, 0.2) is 0 Å². The Bertz CT molecular complexity index is 332. The Hall–Kier alpha value is -0.220. The molecule has 1 aliphatic heterocycles. The molecule has 4 heteroatoms. The molecule has 1 spiro atoms. The number of nitrogens with one attached hydrogen (secondary N) is 1. The maximum atomic E-state index is 11.8. The standard InChI is InChI=1S/C14H25NO2S/c1-5-17-12(16)11-8-18-14(15-11)7-10(2)6-13(3,4)9-14/h10-11,15H,5-9H2,1-4H3. The Kier molecular flexibility index (Phi) is 3.98. The Morgan fingerprint density at radius 2 is 2.17 bits per heavy atom. The second-order valence-electron chi connectivity index (χ2n) is 6.61. The Morgan fingerprint density at radius 3 is 2.78 bits per heavy atom. The third-order valence-electron chi connectivity index (χ3n) is 3.88. The van der Waals surface area contributed by atoms with Crippen molar-refractivity contribution < 1.29 is 9.53 Å². The van der Waals surface area contributed by atoms with E-state index < -0.39 is 0 Å². The minimum atomic E-state index is -0.115. The van der Waals surface area contributed by atoms with Gasteiger partial charge in [-0.25, -0.2) is 0 Å². The van der Waals surface area contributed by atoms with Crippen LogP contribution < -0.4 is 5.32 Å². The zero-order chi connectivity index (χ0) is 13.4. The lowest BCUT2D eigenvalue weighted by molar-refractivity contribution is -0.145. The number of thioether (sulfide) groups is 1. The number of esters is 1. The zero-order valence-corrected chi connectivity index (χ0v) is 12.7. The molecule has 18 heavy (non-hydrogen) atoms. The summed E-state index contributed by atoms with van der Waals surface area (Å²) >= 11 is 1.92. The van der Waals surface area contributed by atoms with Crippen LogP contribution in [0, 0.1) is 11.3 Å². The Labute approximate surface area is 114 Å². The molecule has 1 N–H and O–H groups in total. The van der Waals surface area contributed by atoms with Crippen molar-refractivity contribution >= 4 is 17.7 Å². The number of hydrogen-bond acceptors (Lipinski definition) is 4. The molecule has 0 radical (unpaired) electrons. The summed E-state index contributed by atoms with van der Waals surface area (Å²) in [4.78, 5) is 11.9. The van der Waals surface area contributed by atoms with Crippen LogP contribution in [-0.4, -0.2) is 29.2 Å². The second-order valence-corrected chi connectivity index (χ2v) is 8.01. The minimum Gasteiger partial charge on any atom is -0.465 e. The molecule has 1 saturated carbocycles. The highest BCUT2D eigenvalue weighted by Gasteiger charge is 2.49. The molecule has 3 atom stereocenters. The molecule has 0 aromatic rings. The van der Waals surface area contributed by atoms with Crippen LogP contribution in [0.25, 0.3) is 0 Å². The smallest absolute Gasteiger partial charge is 0.324 e. The molecular formula is C14H25NO2S. The van der Waals surface area contributed by atoms with Crippen LogP contribution in [0.2, 0.25) is 0 Å². The van der Waals surface area contributed by atoms with E-state index in [1.165, 1.54) is 6.42 Å². The topological polar surface area (TPSA) is 38.3 Å². The molecular weight excluding hydrogens is 246 g/mol. The van der Waals surface area contributed by atoms with E-state index in [1.54, 1.807) is 0 Å². The maximum Gasteiger partial charge on any atom is 0.324 e. The molecule has 2 rings (SSSR count). The first-order valence-corrected chi connectivity index (χ1v) is 7.93. The average molecular weight is 271 g/mol. The number of hydrogen-bond donors (Lipinski definition) is 1. The number of ether oxygens (including phenoxy) is 1. The molecule has 1 aliphatic carbocycles. The summed E-state index contributed by atoms with van der Waals surface area (Å²) in [5.41, 5.74) is 0.362. The fourth-order valence-corrected chi connectivity index (χ4v) is 5.56. The van der Waals surface area contributed by atoms with Gasteiger partial charge in [0.25, 0.3) is 0 Å². The van der Waals surface area contributed by atoms with Crippen LogP contribution in [0.5, 0.6) is 0 Å². The molecule has 1 heterocycles. The molecule has 3 unspecified atom stereocenters. The highest BCUT2D eigenvalue weighted by molar-refractivity contribution is 8.01. The molecule has 2 aliphatic rings. The Balaban J connectivity index is 2.03. The van der Waals surface area contributed by atoms with Gasteiger partial charge >= 0.3 is 5.97 Å². The van der Waals surface area contributed by atoms with Gasteiger partial charge in [-0.05, 0) is 37.5 Å². The molecule has 0 bridgehead atoms. The summed E-state index contributed by atoms with van der Waals surface area (Å²) in [6, 6.07) is -0.115. The normalized spacial score (nSPS) is 38.9. The van der Waals surface area contributed by atoms with Gasteiger partial charge in [-0.1, -0.05) is 20.8 Å². The summed E-state index contributed by atoms with van der Waals surface area (Å²) in [6.45, 7) is 9.33. The van der Waals surface area contributed by atoms with Crippen LogP contribution in [0.3, 0.4) is 0 Å². The van der Waals surface area contributed by atoms with Crippen molar-refractivity contribution in [3.8, 4) is 0 Å². The van der Waals surface area contributed by atoms with Crippen LogP contribution >= 0.6 is 11.8 Å². The lowest BCUT2D eigenvalue weighted by atomic mass is 9.70. The molecule has 0 aromatic heterocycles. The lowest BCUT2D eigenvalue weighted by Gasteiger charge is -2.45. The van der Waals surface area contributed by atoms with Gasteiger partial charge in [0.1, 0.15) is 6.04 Å². The third-order valence-corrected chi connectivity index (χ3v) is 5.36. The van der Waals surface area contributed by atoms with E-state index in [0.717, 1.165) is 24.5 Å². The predicted octanol–water partition coefficient (Wildman–Crippen LogP) is 2.80. The zero-order valence-electron chi connectivity index (χ0n) is 11.9. The van der Waals surface area contributed by atoms with E-state index in [9.17, 15) is 4.79 Å². The van der Waals surface area contributed by atoms with Crippen molar-refractivity contribution in [1.82, 2.24) is 5.32 Å². The van der Waals surface area contributed by atoms with Crippen molar-refractivity contribution in [2.24, 2.45) is 11.3 Å². The van der Waals surface area contributed by atoms with Crippen LogP contribution in [0.4, 0.5) is 0 Å². The molecule has 1 saturated heterocycles. The van der Waals surface area contributed by atoms with Gasteiger partial charge < -0.3 is 4.74 Å². The number of carbonyl (C=O) groups is 1. The van der Waals surface area contributed by atoms with Crippen LogP contribution in [0.1, 0.15) is 47.0 Å². The first-order chi connectivity index (χ1) is 8.36. The molecule has 3 nitrogen and oxygen atoms in total. The summed E-state index contributed by atoms with van der Waals surface area (Å²) in [6.07, 6.45) is 3.59. The first-order valence-electron chi connectivity index (χ1n) is 6.94. The SMILES string of the molecule is CCOC(=O)C1CSC2(CC(C)CC(C)(C)C2)N1. The van der Waals surface area contributed by atoms with Crippen molar-refractivity contribution in [3.05, 3.63) is 0 Å².